The normalized spacial score (nSPS) is 12.2. The summed E-state index contributed by atoms with van der Waals surface area (Å²) in [5, 5.41) is 6.55. The molecule has 4 rings (SSSR count). The van der Waals surface area contributed by atoms with Gasteiger partial charge in [0.2, 0.25) is 5.95 Å². The largest absolute Gasteiger partial charge is 0.325 e. The van der Waals surface area contributed by atoms with Crippen molar-refractivity contribution in [1.82, 2.24) is 19.6 Å². The minimum Gasteiger partial charge on any atom is -0.325 e. The molecule has 2 heterocycles. The van der Waals surface area contributed by atoms with Crippen molar-refractivity contribution in [2.45, 2.75) is 26.2 Å². The monoisotopic (exact) mass is 383 g/mol. The summed E-state index contributed by atoms with van der Waals surface area (Å²) in [6, 6.07) is 14.4. The van der Waals surface area contributed by atoms with Crippen molar-refractivity contribution in [3.05, 3.63) is 52.5 Å². The number of aromatic nitrogens is 4. The van der Waals surface area contributed by atoms with Crippen LogP contribution in [0.2, 0.25) is 0 Å². The Morgan fingerprint density at radius 3 is 2.50 bits per heavy atom. The number of fused-ring (bicyclic) bond motifs is 3. The van der Waals surface area contributed by atoms with Crippen molar-refractivity contribution in [2.24, 2.45) is 0 Å². The summed E-state index contributed by atoms with van der Waals surface area (Å²) >= 11 is 3.46. The molecule has 2 aromatic heterocycles. The van der Waals surface area contributed by atoms with Crippen molar-refractivity contribution in [2.75, 3.05) is 5.32 Å². The number of H-pyrrole nitrogens is 1. The molecule has 0 spiro atoms. The van der Waals surface area contributed by atoms with Crippen LogP contribution in [0.25, 0.3) is 16.8 Å². The number of halogens is 1. The number of hydrogen-bond acceptors (Lipinski definition) is 3. The number of aromatic amines is 1. The first-order chi connectivity index (χ1) is 11.4. The van der Waals surface area contributed by atoms with E-state index in [0.29, 0.717) is 11.7 Å². The zero-order chi connectivity index (χ0) is 16.9. The first-order valence-electron chi connectivity index (χ1n) is 7.81. The van der Waals surface area contributed by atoms with Gasteiger partial charge in [-0.05, 0) is 41.3 Å². The quantitative estimate of drug-likeness (QED) is 0.511. The molecule has 2 N–H and O–H groups in total. The minimum absolute atomic E-state index is 0.150. The zero-order valence-electron chi connectivity index (χ0n) is 13.8. The van der Waals surface area contributed by atoms with E-state index in [4.69, 9.17) is 0 Å². The van der Waals surface area contributed by atoms with E-state index < -0.39 is 0 Å². The lowest BCUT2D eigenvalue weighted by molar-refractivity contribution is 0.590. The molecule has 0 aliphatic rings. The number of hydrogen-bond donors (Lipinski definition) is 2. The van der Waals surface area contributed by atoms with E-state index in [0.717, 1.165) is 21.2 Å². The third-order valence-corrected chi connectivity index (χ3v) is 4.54. The molecule has 0 atom stereocenters. The maximum atomic E-state index is 4.54. The molecule has 0 amide bonds. The molecule has 0 saturated carbocycles. The van der Waals surface area contributed by atoms with Gasteiger partial charge in [-0.2, -0.15) is 4.98 Å². The highest BCUT2D eigenvalue weighted by Crippen LogP contribution is 2.25. The van der Waals surface area contributed by atoms with E-state index in [1.54, 1.807) is 0 Å². The van der Waals surface area contributed by atoms with Gasteiger partial charge in [-0.15, -0.1) is 0 Å². The van der Waals surface area contributed by atoms with Crippen molar-refractivity contribution in [3.8, 4) is 0 Å². The number of nitrogens with one attached hydrogen (secondary N) is 2. The fraction of sp³-hybridized carbons (Fsp3) is 0.222. The lowest BCUT2D eigenvalue weighted by atomic mass is 9.87. The Bertz CT molecular complexity index is 1020. The second-order valence-electron chi connectivity index (χ2n) is 6.90. The predicted octanol–water partition coefficient (Wildman–Crippen LogP) is 5.01. The van der Waals surface area contributed by atoms with Gasteiger partial charge in [0.1, 0.15) is 0 Å². The van der Waals surface area contributed by atoms with Crippen molar-refractivity contribution in [3.63, 3.8) is 0 Å². The fourth-order valence-corrected chi connectivity index (χ4v) is 3.05. The number of rotatable bonds is 2. The molecule has 0 fully saturated rings. The molecule has 0 saturated heterocycles. The van der Waals surface area contributed by atoms with Crippen LogP contribution in [-0.2, 0) is 5.41 Å². The average Bonchev–Trinajstić information content (AvgIpc) is 3.03. The number of imidazole rings is 1. The first-order valence-corrected chi connectivity index (χ1v) is 8.61. The van der Waals surface area contributed by atoms with Crippen LogP contribution in [0.15, 0.2) is 46.9 Å². The van der Waals surface area contributed by atoms with Crippen LogP contribution in [0.1, 0.15) is 26.3 Å². The molecule has 24 heavy (non-hydrogen) atoms. The molecule has 2 aromatic carbocycles. The Morgan fingerprint density at radius 2 is 1.79 bits per heavy atom. The van der Waals surface area contributed by atoms with Gasteiger partial charge in [-0.3, -0.25) is 5.10 Å². The smallest absolute Gasteiger partial charge is 0.253 e. The Labute approximate surface area is 148 Å². The third kappa shape index (κ3) is 2.67. The second-order valence-corrected chi connectivity index (χ2v) is 7.82. The van der Waals surface area contributed by atoms with Crippen molar-refractivity contribution in [1.29, 1.82) is 0 Å². The molecular formula is C18H18BrN5. The fourth-order valence-electron chi connectivity index (χ4n) is 2.70. The van der Waals surface area contributed by atoms with Crippen LogP contribution >= 0.6 is 15.9 Å². The Kier molecular flexibility index (Phi) is 3.38. The summed E-state index contributed by atoms with van der Waals surface area (Å²) in [5.41, 5.74) is 4.35. The summed E-state index contributed by atoms with van der Waals surface area (Å²) in [6.07, 6.45) is 0. The molecule has 6 heteroatoms. The molecule has 0 bridgehead atoms. The third-order valence-electron chi connectivity index (χ3n) is 4.04. The lowest BCUT2D eigenvalue weighted by Crippen LogP contribution is -2.10. The van der Waals surface area contributed by atoms with Crippen LogP contribution < -0.4 is 5.32 Å². The summed E-state index contributed by atoms with van der Waals surface area (Å²) in [7, 11) is 0. The van der Waals surface area contributed by atoms with Gasteiger partial charge in [-0.25, -0.2) is 9.50 Å². The summed E-state index contributed by atoms with van der Waals surface area (Å²) in [5.74, 6) is 1.32. The zero-order valence-corrected chi connectivity index (χ0v) is 15.3. The minimum atomic E-state index is 0.150. The lowest BCUT2D eigenvalue weighted by Gasteiger charge is -2.19. The molecule has 0 unspecified atom stereocenters. The molecule has 5 nitrogen and oxygen atoms in total. The van der Waals surface area contributed by atoms with E-state index >= 15 is 0 Å². The first kappa shape index (κ1) is 15.2. The van der Waals surface area contributed by atoms with E-state index in [-0.39, 0.29) is 5.41 Å². The summed E-state index contributed by atoms with van der Waals surface area (Å²) in [4.78, 5) is 9.05. The molecule has 0 aliphatic carbocycles. The van der Waals surface area contributed by atoms with Gasteiger partial charge in [0.25, 0.3) is 5.78 Å². The summed E-state index contributed by atoms with van der Waals surface area (Å²) in [6.45, 7) is 6.63. The van der Waals surface area contributed by atoms with Crippen LogP contribution in [0.4, 0.5) is 11.6 Å². The van der Waals surface area contributed by atoms with Gasteiger partial charge in [0.05, 0.1) is 11.0 Å². The topological polar surface area (TPSA) is 58.0 Å². The highest BCUT2D eigenvalue weighted by atomic mass is 79.9. The van der Waals surface area contributed by atoms with Gasteiger partial charge >= 0.3 is 0 Å². The second kappa shape index (κ2) is 5.34. The van der Waals surface area contributed by atoms with Crippen molar-refractivity contribution >= 4 is 44.4 Å². The van der Waals surface area contributed by atoms with Gasteiger partial charge < -0.3 is 5.32 Å². The average molecular weight is 384 g/mol. The van der Waals surface area contributed by atoms with E-state index in [1.165, 1.54) is 5.56 Å². The van der Waals surface area contributed by atoms with Gasteiger partial charge in [0, 0.05) is 10.2 Å². The Morgan fingerprint density at radius 1 is 1.04 bits per heavy atom. The predicted molar refractivity (Wildman–Crippen MR) is 101 cm³/mol. The maximum Gasteiger partial charge on any atom is 0.253 e. The summed E-state index contributed by atoms with van der Waals surface area (Å²) < 4.78 is 2.89. The molecule has 122 valence electrons. The van der Waals surface area contributed by atoms with Crippen LogP contribution in [0.3, 0.4) is 0 Å². The van der Waals surface area contributed by atoms with Crippen LogP contribution in [0.5, 0.6) is 0 Å². The van der Waals surface area contributed by atoms with Gasteiger partial charge in [0.15, 0.2) is 0 Å². The highest BCUT2D eigenvalue weighted by Gasteiger charge is 2.13. The SMILES string of the molecule is CC(C)(C)c1ccc(Nc2nc3nc4cc(Br)ccc4n3[nH]2)cc1. The van der Waals surface area contributed by atoms with E-state index in [1.807, 2.05) is 22.7 Å². The molecule has 4 aromatic rings. The van der Waals surface area contributed by atoms with Crippen molar-refractivity contribution < 1.29 is 0 Å². The van der Waals surface area contributed by atoms with Gasteiger partial charge in [-0.1, -0.05) is 48.8 Å². The van der Waals surface area contributed by atoms with Crippen LogP contribution in [-0.4, -0.2) is 19.6 Å². The van der Waals surface area contributed by atoms with E-state index in [2.05, 4.69) is 81.4 Å². The Balaban J connectivity index is 1.65. The maximum absolute atomic E-state index is 4.54. The highest BCUT2D eigenvalue weighted by molar-refractivity contribution is 9.10. The Hall–Kier alpha value is -2.34. The molecule has 0 radical (unpaired) electrons. The standard InChI is InChI=1S/C18H18BrN5/c1-18(2,3)11-4-7-13(8-5-11)20-16-22-17-21-14-10-12(19)6-9-15(14)24(17)23-16/h4-10H,1-3H3,(H2,20,21,22,23). The van der Waals surface area contributed by atoms with Crippen LogP contribution in [0, 0.1) is 0 Å². The number of benzene rings is 2. The van der Waals surface area contributed by atoms with E-state index in [9.17, 15) is 0 Å². The molecular weight excluding hydrogens is 366 g/mol. The number of anilines is 2. The number of nitrogens with zero attached hydrogens (tertiary/aromatic N) is 3. The molecule has 0 aliphatic heterocycles.